The molecule has 2 unspecified atom stereocenters. The fourth-order valence-electron chi connectivity index (χ4n) is 3.75. The summed E-state index contributed by atoms with van der Waals surface area (Å²) in [6.07, 6.45) is 6.11. The van der Waals surface area contributed by atoms with E-state index in [4.69, 9.17) is 0 Å². The van der Waals surface area contributed by atoms with E-state index in [9.17, 15) is 4.39 Å². The average Bonchev–Trinajstić information content (AvgIpc) is 2.68. The van der Waals surface area contributed by atoms with E-state index in [2.05, 4.69) is 17.1 Å². The fraction of sp³-hybridized carbons (Fsp3) is 0.625. The highest BCUT2D eigenvalue weighted by atomic mass is 19.1. The van der Waals surface area contributed by atoms with Crippen molar-refractivity contribution in [3.05, 3.63) is 30.1 Å². The molecule has 2 aliphatic rings. The van der Waals surface area contributed by atoms with Crippen molar-refractivity contribution in [1.82, 2.24) is 5.32 Å². The van der Waals surface area contributed by atoms with E-state index >= 15 is 0 Å². The summed E-state index contributed by atoms with van der Waals surface area (Å²) in [6, 6.07) is 8.93. The molecule has 3 rings (SSSR count). The zero-order chi connectivity index (χ0) is 13.2. The minimum absolute atomic E-state index is 0.122. The molecular weight excluding hydrogens is 239 g/mol. The Morgan fingerprint density at radius 1 is 1.26 bits per heavy atom. The standard InChI is InChI=1S/C16H23FN2/c1-2-8-18-13-10-15-6-7-16(11-13)19(15)14-5-3-4-12(17)9-14/h3-5,9,13,15-16,18H,2,6-8,10-11H2,1H3. The Morgan fingerprint density at radius 2 is 2.00 bits per heavy atom. The van der Waals surface area contributed by atoms with E-state index in [0.29, 0.717) is 18.1 Å². The van der Waals surface area contributed by atoms with Crippen LogP contribution >= 0.6 is 0 Å². The second-order valence-electron chi connectivity index (χ2n) is 5.89. The molecule has 2 aliphatic heterocycles. The van der Waals surface area contributed by atoms with Gasteiger partial charge in [-0.25, -0.2) is 4.39 Å². The number of halogens is 1. The van der Waals surface area contributed by atoms with Crippen LogP contribution in [-0.2, 0) is 0 Å². The number of anilines is 1. The molecule has 19 heavy (non-hydrogen) atoms. The normalized spacial score (nSPS) is 29.8. The largest absolute Gasteiger partial charge is 0.365 e. The minimum atomic E-state index is -0.122. The fourth-order valence-corrected chi connectivity index (χ4v) is 3.75. The van der Waals surface area contributed by atoms with Crippen molar-refractivity contribution < 1.29 is 4.39 Å². The smallest absolute Gasteiger partial charge is 0.125 e. The molecule has 3 heteroatoms. The van der Waals surface area contributed by atoms with E-state index in [1.54, 1.807) is 6.07 Å². The van der Waals surface area contributed by atoms with Gasteiger partial charge in [0.15, 0.2) is 0 Å². The molecule has 2 nitrogen and oxygen atoms in total. The molecule has 2 heterocycles. The van der Waals surface area contributed by atoms with Crippen LogP contribution in [0.5, 0.6) is 0 Å². The van der Waals surface area contributed by atoms with Crippen molar-refractivity contribution in [2.75, 3.05) is 11.4 Å². The molecule has 0 amide bonds. The molecule has 0 spiro atoms. The Kier molecular flexibility index (Phi) is 3.74. The third-order valence-corrected chi connectivity index (χ3v) is 4.52. The van der Waals surface area contributed by atoms with Crippen molar-refractivity contribution in [1.29, 1.82) is 0 Å². The molecule has 1 N–H and O–H groups in total. The summed E-state index contributed by atoms with van der Waals surface area (Å²) in [4.78, 5) is 2.47. The number of nitrogens with zero attached hydrogens (tertiary/aromatic N) is 1. The molecule has 1 aromatic rings. The van der Waals surface area contributed by atoms with E-state index < -0.39 is 0 Å². The number of benzene rings is 1. The number of rotatable bonds is 4. The quantitative estimate of drug-likeness (QED) is 0.895. The molecule has 2 saturated heterocycles. The van der Waals surface area contributed by atoms with Crippen LogP contribution in [0.4, 0.5) is 10.1 Å². The molecule has 2 atom stereocenters. The van der Waals surface area contributed by atoms with Gasteiger partial charge < -0.3 is 10.2 Å². The number of nitrogens with one attached hydrogen (secondary N) is 1. The lowest BCUT2D eigenvalue weighted by Gasteiger charge is -2.41. The highest BCUT2D eigenvalue weighted by molar-refractivity contribution is 5.50. The van der Waals surface area contributed by atoms with Gasteiger partial charge in [0.2, 0.25) is 0 Å². The lowest BCUT2D eigenvalue weighted by atomic mass is 9.96. The van der Waals surface area contributed by atoms with Crippen LogP contribution in [0.3, 0.4) is 0 Å². The zero-order valence-corrected chi connectivity index (χ0v) is 11.6. The highest BCUT2D eigenvalue weighted by Crippen LogP contribution is 2.39. The molecule has 2 fully saturated rings. The van der Waals surface area contributed by atoms with E-state index in [-0.39, 0.29) is 5.82 Å². The summed E-state index contributed by atoms with van der Waals surface area (Å²) < 4.78 is 13.4. The maximum Gasteiger partial charge on any atom is 0.125 e. The van der Waals surface area contributed by atoms with Gasteiger partial charge in [-0.2, -0.15) is 0 Å². The highest BCUT2D eigenvalue weighted by Gasteiger charge is 2.40. The Hall–Kier alpha value is -1.09. The van der Waals surface area contributed by atoms with Gasteiger partial charge in [0, 0.05) is 23.8 Å². The van der Waals surface area contributed by atoms with Crippen LogP contribution in [0.1, 0.15) is 39.0 Å². The lowest BCUT2D eigenvalue weighted by Crippen LogP contribution is -2.49. The molecule has 1 aromatic carbocycles. The van der Waals surface area contributed by atoms with E-state index in [0.717, 1.165) is 12.2 Å². The minimum Gasteiger partial charge on any atom is -0.365 e. The molecule has 0 aromatic heterocycles. The Labute approximate surface area is 115 Å². The van der Waals surface area contributed by atoms with Crippen LogP contribution < -0.4 is 10.2 Å². The molecular formula is C16H23FN2. The van der Waals surface area contributed by atoms with Crippen LogP contribution in [0, 0.1) is 5.82 Å². The first-order valence-corrected chi connectivity index (χ1v) is 7.55. The second-order valence-corrected chi connectivity index (χ2v) is 5.89. The van der Waals surface area contributed by atoms with Gasteiger partial charge in [0.1, 0.15) is 5.82 Å². The first-order valence-electron chi connectivity index (χ1n) is 7.55. The van der Waals surface area contributed by atoms with Gasteiger partial charge in [-0.1, -0.05) is 13.0 Å². The van der Waals surface area contributed by atoms with E-state index in [1.807, 2.05) is 12.1 Å². The van der Waals surface area contributed by atoms with Gasteiger partial charge in [-0.05, 0) is 56.8 Å². The topological polar surface area (TPSA) is 15.3 Å². The molecule has 2 bridgehead atoms. The lowest BCUT2D eigenvalue weighted by molar-refractivity contribution is 0.356. The third kappa shape index (κ3) is 2.62. The van der Waals surface area contributed by atoms with Crippen molar-refractivity contribution in [3.63, 3.8) is 0 Å². The van der Waals surface area contributed by atoms with Crippen molar-refractivity contribution in [3.8, 4) is 0 Å². The van der Waals surface area contributed by atoms with Crippen LogP contribution in [0.15, 0.2) is 24.3 Å². The van der Waals surface area contributed by atoms with Crippen molar-refractivity contribution in [2.45, 2.75) is 57.2 Å². The van der Waals surface area contributed by atoms with Gasteiger partial charge in [-0.15, -0.1) is 0 Å². The van der Waals surface area contributed by atoms with Crippen molar-refractivity contribution in [2.24, 2.45) is 0 Å². The summed E-state index contributed by atoms with van der Waals surface area (Å²) in [6.45, 7) is 3.33. The Balaban J connectivity index is 1.73. The predicted molar refractivity (Wildman–Crippen MR) is 77.0 cm³/mol. The van der Waals surface area contributed by atoms with Crippen molar-refractivity contribution >= 4 is 5.69 Å². The third-order valence-electron chi connectivity index (χ3n) is 4.52. The second kappa shape index (κ2) is 5.49. The predicted octanol–water partition coefficient (Wildman–Crippen LogP) is 3.33. The summed E-state index contributed by atoms with van der Waals surface area (Å²) >= 11 is 0. The number of hydrogen-bond donors (Lipinski definition) is 1. The van der Waals surface area contributed by atoms with Gasteiger partial charge in [-0.3, -0.25) is 0 Å². The zero-order valence-electron chi connectivity index (χ0n) is 11.6. The summed E-state index contributed by atoms with van der Waals surface area (Å²) in [5, 5.41) is 3.65. The van der Waals surface area contributed by atoms with E-state index in [1.165, 1.54) is 38.2 Å². The molecule has 0 saturated carbocycles. The maximum atomic E-state index is 13.4. The van der Waals surface area contributed by atoms with Crippen LogP contribution in [0.2, 0.25) is 0 Å². The van der Waals surface area contributed by atoms with Crippen LogP contribution in [0.25, 0.3) is 0 Å². The maximum absolute atomic E-state index is 13.4. The monoisotopic (exact) mass is 262 g/mol. The number of piperidine rings is 1. The Bertz CT molecular complexity index is 421. The van der Waals surface area contributed by atoms with Gasteiger partial charge in [0.05, 0.1) is 0 Å². The SMILES string of the molecule is CCCNC1CC2CCC(C1)N2c1cccc(F)c1. The van der Waals surface area contributed by atoms with Gasteiger partial charge >= 0.3 is 0 Å². The first kappa shape index (κ1) is 12.9. The molecule has 0 radical (unpaired) electrons. The summed E-state index contributed by atoms with van der Waals surface area (Å²) in [7, 11) is 0. The summed E-state index contributed by atoms with van der Waals surface area (Å²) in [5.41, 5.74) is 1.07. The Morgan fingerprint density at radius 3 is 2.63 bits per heavy atom. The molecule has 0 aliphatic carbocycles. The first-order chi connectivity index (χ1) is 9.28. The number of hydrogen-bond acceptors (Lipinski definition) is 2. The van der Waals surface area contributed by atoms with Crippen LogP contribution in [-0.4, -0.2) is 24.7 Å². The summed E-state index contributed by atoms with van der Waals surface area (Å²) in [5.74, 6) is -0.122. The average molecular weight is 262 g/mol. The molecule has 104 valence electrons. The van der Waals surface area contributed by atoms with Gasteiger partial charge in [0.25, 0.3) is 0 Å². The number of fused-ring (bicyclic) bond motifs is 2.